The van der Waals surface area contributed by atoms with Crippen LogP contribution in [0.3, 0.4) is 0 Å². The summed E-state index contributed by atoms with van der Waals surface area (Å²) in [5.41, 5.74) is 1.25. The lowest BCUT2D eigenvalue weighted by molar-refractivity contribution is -0.137. The van der Waals surface area contributed by atoms with Crippen molar-refractivity contribution >= 4 is 23.2 Å². The van der Waals surface area contributed by atoms with E-state index in [0.717, 1.165) is 12.1 Å². The summed E-state index contributed by atoms with van der Waals surface area (Å²) >= 11 is 6.03. The zero-order valence-electron chi connectivity index (χ0n) is 13.3. The molecule has 1 N–H and O–H groups in total. The van der Waals surface area contributed by atoms with Gasteiger partial charge in [0.25, 0.3) is 5.91 Å². The lowest BCUT2D eigenvalue weighted by Gasteiger charge is -2.13. The third kappa shape index (κ3) is 3.89. The Morgan fingerprint density at radius 3 is 2.12 bits per heavy atom. The van der Waals surface area contributed by atoms with Crippen molar-refractivity contribution in [1.29, 1.82) is 0 Å². The van der Waals surface area contributed by atoms with Gasteiger partial charge in [0.2, 0.25) is 0 Å². The second kappa shape index (κ2) is 7.22. The highest BCUT2D eigenvalue weighted by Crippen LogP contribution is 2.33. The van der Waals surface area contributed by atoms with Gasteiger partial charge < -0.3 is 5.32 Å². The first-order valence-corrected chi connectivity index (χ1v) is 8.06. The monoisotopic (exact) mass is 375 g/mol. The summed E-state index contributed by atoms with van der Waals surface area (Å²) in [5.74, 6) is -0.394. The molecule has 3 aromatic carbocycles. The van der Waals surface area contributed by atoms with Crippen LogP contribution in [0.1, 0.15) is 15.9 Å². The Balaban J connectivity index is 1.92. The van der Waals surface area contributed by atoms with Gasteiger partial charge in [-0.3, -0.25) is 4.79 Å². The Labute approximate surface area is 153 Å². The molecular formula is C20H13ClF3NO. The smallest absolute Gasteiger partial charge is 0.321 e. The standard InChI is InChI=1S/C20H13ClF3NO/c21-17-7-3-1-6-16(17)19(26)25-18-8-4-2-5-15(18)13-9-11-14(12-10-13)20(22,23)24/h1-12H,(H,25,26). The Hall–Kier alpha value is -2.79. The number of rotatable bonds is 3. The summed E-state index contributed by atoms with van der Waals surface area (Å²) in [6.45, 7) is 0. The van der Waals surface area contributed by atoms with Gasteiger partial charge in [-0.2, -0.15) is 13.2 Å². The average molecular weight is 376 g/mol. The van der Waals surface area contributed by atoms with Crippen molar-refractivity contribution in [2.75, 3.05) is 5.32 Å². The predicted octanol–water partition coefficient (Wildman–Crippen LogP) is 6.28. The van der Waals surface area contributed by atoms with E-state index in [2.05, 4.69) is 5.32 Å². The first-order chi connectivity index (χ1) is 12.4. The van der Waals surface area contributed by atoms with Gasteiger partial charge in [-0.15, -0.1) is 0 Å². The van der Waals surface area contributed by atoms with Crippen LogP contribution in [0.15, 0.2) is 72.8 Å². The van der Waals surface area contributed by atoms with E-state index in [-0.39, 0.29) is 0 Å². The Morgan fingerprint density at radius 2 is 1.46 bits per heavy atom. The molecule has 6 heteroatoms. The van der Waals surface area contributed by atoms with E-state index >= 15 is 0 Å². The number of hydrogen-bond donors (Lipinski definition) is 1. The number of nitrogens with one attached hydrogen (secondary N) is 1. The minimum Gasteiger partial charge on any atom is -0.321 e. The van der Waals surface area contributed by atoms with Crippen molar-refractivity contribution in [3.63, 3.8) is 0 Å². The van der Waals surface area contributed by atoms with E-state index in [1.54, 1.807) is 48.5 Å². The SMILES string of the molecule is O=C(Nc1ccccc1-c1ccc(C(F)(F)F)cc1)c1ccccc1Cl. The molecule has 3 rings (SSSR count). The second-order valence-electron chi connectivity index (χ2n) is 5.55. The summed E-state index contributed by atoms with van der Waals surface area (Å²) in [4.78, 5) is 12.5. The molecule has 0 aromatic heterocycles. The number of carbonyl (C=O) groups excluding carboxylic acids is 1. The number of benzene rings is 3. The number of anilines is 1. The van der Waals surface area contributed by atoms with Gasteiger partial charge in [0.15, 0.2) is 0 Å². The zero-order chi connectivity index (χ0) is 18.7. The summed E-state index contributed by atoms with van der Waals surface area (Å²) in [6.07, 6.45) is -4.39. The first-order valence-electron chi connectivity index (χ1n) is 7.69. The molecule has 0 spiro atoms. The molecule has 132 valence electrons. The van der Waals surface area contributed by atoms with Crippen LogP contribution >= 0.6 is 11.6 Å². The van der Waals surface area contributed by atoms with Crippen LogP contribution in [0.5, 0.6) is 0 Å². The quantitative estimate of drug-likeness (QED) is 0.573. The van der Waals surface area contributed by atoms with E-state index in [1.165, 1.54) is 12.1 Å². The van der Waals surface area contributed by atoms with Gasteiger partial charge in [-0.25, -0.2) is 0 Å². The molecule has 0 saturated carbocycles. The third-order valence-corrected chi connectivity index (χ3v) is 4.15. The molecule has 0 bridgehead atoms. The fraction of sp³-hybridized carbons (Fsp3) is 0.0500. The largest absolute Gasteiger partial charge is 0.416 e. The van der Waals surface area contributed by atoms with Crippen molar-refractivity contribution in [3.05, 3.63) is 88.9 Å². The fourth-order valence-corrected chi connectivity index (χ4v) is 2.74. The molecule has 0 radical (unpaired) electrons. The predicted molar refractivity (Wildman–Crippen MR) is 96.3 cm³/mol. The minimum absolute atomic E-state index is 0.316. The van der Waals surface area contributed by atoms with Gasteiger partial charge in [-0.05, 0) is 35.9 Å². The molecule has 3 aromatic rings. The van der Waals surface area contributed by atoms with Crippen LogP contribution in [0.25, 0.3) is 11.1 Å². The number of carbonyl (C=O) groups is 1. The summed E-state index contributed by atoms with van der Waals surface area (Å²) in [7, 11) is 0. The van der Waals surface area contributed by atoms with E-state index in [0.29, 0.717) is 27.4 Å². The summed E-state index contributed by atoms with van der Waals surface area (Å²) < 4.78 is 38.2. The summed E-state index contributed by atoms with van der Waals surface area (Å²) in [5, 5.41) is 3.08. The summed E-state index contributed by atoms with van der Waals surface area (Å²) in [6, 6.07) is 18.3. The molecule has 0 aliphatic carbocycles. The van der Waals surface area contributed by atoms with Gasteiger partial charge in [0.05, 0.1) is 16.1 Å². The maximum Gasteiger partial charge on any atom is 0.416 e. The fourth-order valence-electron chi connectivity index (χ4n) is 2.52. The molecule has 26 heavy (non-hydrogen) atoms. The molecule has 0 heterocycles. The highest BCUT2D eigenvalue weighted by Gasteiger charge is 2.30. The van der Waals surface area contributed by atoms with Gasteiger partial charge in [0.1, 0.15) is 0 Å². The molecule has 0 fully saturated rings. The maximum absolute atomic E-state index is 12.7. The molecule has 0 aliphatic rings. The zero-order valence-corrected chi connectivity index (χ0v) is 14.1. The average Bonchev–Trinajstić information content (AvgIpc) is 2.62. The van der Waals surface area contributed by atoms with Crippen LogP contribution in [-0.2, 0) is 6.18 Å². The minimum atomic E-state index is -4.39. The normalized spacial score (nSPS) is 11.2. The van der Waals surface area contributed by atoms with Crippen molar-refractivity contribution in [2.24, 2.45) is 0 Å². The molecule has 0 saturated heterocycles. The first kappa shape index (κ1) is 18.0. The maximum atomic E-state index is 12.7. The molecule has 0 atom stereocenters. The van der Waals surface area contributed by atoms with E-state index < -0.39 is 17.6 Å². The Bertz CT molecular complexity index is 936. The molecule has 0 aliphatic heterocycles. The second-order valence-corrected chi connectivity index (χ2v) is 5.96. The Morgan fingerprint density at radius 1 is 0.846 bits per heavy atom. The number of amides is 1. The van der Waals surface area contributed by atoms with Crippen molar-refractivity contribution in [3.8, 4) is 11.1 Å². The number of alkyl halides is 3. The van der Waals surface area contributed by atoms with E-state index in [4.69, 9.17) is 11.6 Å². The molecule has 0 unspecified atom stereocenters. The van der Waals surface area contributed by atoms with Gasteiger partial charge in [-0.1, -0.05) is 54.1 Å². The van der Waals surface area contributed by atoms with Crippen molar-refractivity contribution in [1.82, 2.24) is 0 Å². The van der Waals surface area contributed by atoms with Crippen LogP contribution in [-0.4, -0.2) is 5.91 Å². The van der Waals surface area contributed by atoms with E-state index in [1.807, 2.05) is 0 Å². The number of hydrogen-bond acceptors (Lipinski definition) is 1. The molecule has 1 amide bonds. The molecule has 2 nitrogen and oxygen atoms in total. The van der Waals surface area contributed by atoms with Gasteiger partial charge in [0, 0.05) is 11.3 Å². The lowest BCUT2D eigenvalue weighted by atomic mass is 10.0. The van der Waals surface area contributed by atoms with E-state index in [9.17, 15) is 18.0 Å². The third-order valence-electron chi connectivity index (χ3n) is 3.82. The number of halogens is 4. The highest BCUT2D eigenvalue weighted by atomic mass is 35.5. The van der Waals surface area contributed by atoms with Crippen molar-refractivity contribution < 1.29 is 18.0 Å². The van der Waals surface area contributed by atoms with Crippen LogP contribution in [0, 0.1) is 0 Å². The van der Waals surface area contributed by atoms with Gasteiger partial charge >= 0.3 is 6.18 Å². The van der Waals surface area contributed by atoms with Crippen molar-refractivity contribution in [2.45, 2.75) is 6.18 Å². The lowest BCUT2D eigenvalue weighted by Crippen LogP contribution is -2.13. The Kier molecular flexibility index (Phi) is 5.00. The molecular weight excluding hydrogens is 363 g/mol. The van der Waals surface area contributed by atoms with Crippen LogP contribution in [0.2, 0.25) is 5.02 Å². The van der Waals surface area contributed by atoms with Crippen LogP contribution < -0.4 is 5.32 Å². The topological polar surface area (TPSA) is 29.1 Å². The highest BCUT2D eigenvalue weighted by molar-refractivity contribution is 6.34. The van der Waals surface area contributed by atoms with Crippen LogP contribution in [0.4, 0.5) is 18.9 Å². The number of para-hydroxylation sites is 1.